The Kier molecular flexibility index (Phi) is 3.25. The fourth-order valence-corrected chi connectivity index (χ4v) is 1.66. The molecule has 1 aromatic heterocycles. The van der Waals surface area contributed by atoms with E-state index in [0.717, 1.165) is 0 Å². The lowest BCUT2D eigenvalue weighted by molar-refractivity contribution is -0.137. The molecule has 0 bridgehead atoms. The van der Waals surface area contributed by atoms with Crippen molar-refractivity contribution < 1.29 is 9.53 Å². The average Bonchev–Trinajstić information content (AvgIpc) is 2.75. The summed E-state index contributed by atoms with van der Waals surface area (Å²) in [5, 5.41) is 12.7. The first kappa shape index (κ1) is 11.4. The zero-order valence-corrected chi connectivity index (χ0v) is 9.24. The number of nitrogens with zero attached hydrogens (tertiary/aromatic N) is 4. The van der Waals surface area contributed by atoms with E-state index in [9.17, 15) is 4.79 Å². The van der Waals surface area contributed by atoms with Crippen LogP contribution in [-0.2, 0) is 16.1 Å². The molecule has 2 N–H and O–H groups in total. The minimum Gasteiger partial charge on any atom is -0.382 e. The van der Waals surface area contributed by atoms with Crippen LogP contribution in [0.4, 0.5) is 5.82 Å². The highest BCUT2D eigenvalue weighted by Crippen LogP contribution is 2.06. The van der Waals surface area contributed by atoms with Gasteiger partial charge in [-0.3, -0.25) is 9.48 Å². The first-order valence-corrected chi connectivity index (χ1v) is 5.27. The number of nitrogen functional groups attached to an aromatic ring is 1. The van der Waals surface area contributed by atoms with E-state index in [1.165, 1.54) is 4.68 Å². The van der Waals surface area contributed by atoms with Gasteiger partial charge in [-0.05, 0) is 6.07 Å². The third-order valence-electron chi connectivity index (χ3n) is 2.52. The van der Waals surface area contributed by atoms with Crippen LogP contribution in [0.5, 0.6) is 0 Å². The van der Waals surface area contributed by atoms with Crippen molar-refractivity contribution in [3.05, 3.63) is 12.3 Å². The lowest BCUT2D eigenvalue weighted by atomic mass is 10.3. The van der Waals surface area contributed by atoms with Crippen molar-refractivity contribution in [3.63, 3.8) is 0 Å². The Hall–Kier alpha value is -2.07. The Morgan fingerprint density at radius 1 is 1.76 bits per heavy atom. The van der Waals surface area contributed by atoms with Gasteiger partial charge in [-0.1, -0.05) is 0 Å². The van der Waals surface area contributed by atoms with Crippen molar-refractivity contribution in [2.45, 2.75) is 12.6 Å². The summed E-state index contributed by atoms with van der Waals surface area (Å²) in [6.07, 6.45) is 1.12. The summed E-state index contributed by atoms with van der Waals surface area (Å²) < 4.78 is 6.65. The number of hydrogen-bond donors (Lipinski definition) is 1. The van der Waals surface area contributed by atoms with E-state index >= 15 is 0 Å². The number of nitriles is 1. The van der Waals surface area contributed by atoms with Gasteiger partial charge in [0.15, 0.2) is 6.10 Å². The van der Waals surface area contributed by atoms with Crippen LogP contribution in [0.3, 0.4) is 0 Å². The third kappa shape index (κ3) is 2.73. The van der Waals surface area contributed by atoms with Crippen molar-refractivity contribution in [2.24, 2.45) is 0 Å². The highest BCUT2D eigenvalue weighted by atomic mass is 16.5. The summed E-state index contributed by atoms with van der Waals surface area (Å²) in [6.45, 7) is 1.35. The Labute approximate surface area is 98.4 Å². The molecule has 1 aliphatic heterocycles. The predicted octanol–water partition coefficient (Wildman–Crippen LogP) is -0.784. The van der Waals surface area contributed by atoms with Crippen LogP contribution in [0.15, 0.2) is 12.3 Å². The van der Waals surface area contributed by atoms with Crippen LogP contribution < -0.4 is 5.73 Å². The smallest absolute Gasteiger partial charge is 0.244 e. The van der Waals surface area contributed by atoms with E-state index in [4.69, 9.17) is 15.7 Å². The summed E-state index contributed by atoms with van der Waals surface area (Å²) in [5.41, 5.74) is 5.46. The van der Waals surface area contributed by atoms with E-state index < -0.39 is 6.10 Å². The van der Waals surface area contributed by atoms with Crippen molar-refractivity contribution in [3.8, 4) is 6.07 Å². The van der Waals surface area contributed by atoms with E-state index in [2.05, 4.69) is 5.10 Å². The van der Waals surface area contributed by atoms with Crippen molar-refractivity contribution in [2.75, 3.05) is 25.4 Å². The number of anilines is 1. The van der Waals surface area contributed by atoms with Crippen LogP contribution in [0.25, 0.3) is 0 Å². The van der Waals surface area contributed by atoms with Gasteiger partial charge in [0.1, 0.15) is 12.4 Å². The summed E-state index contributed by atoms with van der Waals surface area (Å²) in [6, 6.07) is 3.63. The van der Waals surface area contributed by atoms with E-state index in [0.29, 0.717) is 25.5 Å². The van der Waals surface area contributed by atoms with Gasteiger partial charge >= 0.3 is 0 Å². The second-order valence-electron chi connectivity index (χ2n) is 3.77. The SMILES string of the molecule is N#CC1CN(C(=O)Cn2ccc(N)n2)CCO1. The van der Waals surface area contributed by atoms with Crippen LogP contribution in [0.1, 0.15) is 0 Å². The molecule has 1 fully saturated rings. The van der Waals surface area contributed by atoms with Gasteiger partial charge in [-0.2, -0.15) is 10.4 Å². The maximum absolute atomic E-state index is 11.9. The second-order valence-corrected chi connectivity index (χ2v) is 3.77. The summed E-state index contributed by atoms with van der Waals surface area (Å²) >= 11 is 0. The minimum atomic E-state index is -0.532. The number of amides is 1. The number of nitrogens with two attached hydrogens (primary N) is 1. The first-order valence-electron chi connectivity index (χ1n) is 5.27. The number of morpholine rings is 1. The Balaban J connectivity index is 1.94. The van der Waals surface area contributed by atoms with Crippen molar-refractivity contribution >= 4 is 11.7 Å². The molecule has 2 rings (SSSR count). The van der Waals surface area contributed by atoms with E-state index in [1.54, 1.807) is 17.2 Å². The maximum Gasteiger partial charge on any atom is 0.244 e. The molecule has 2 heterocycles. The number of carbonyl (C=O) groups is 1. The summed E-state index contributed by atoms with van der Waals surface area (Å²) in [4.78, 5) is 13.5. The van der Waals surface area contributed by atoms with Crippen LogP contribution in [0.2, 0.25) is 0 Å². The molecule has 0 spiro atoms. The lowest BCUT2D eigenvalue weighted by Crippen LogP contribution is -2.46. The number of carbonyl (C=O) groups excluding carboxylic acids is 1. The third-order valence-corrected chi connectivity index (χ3v) is 2.52. The number of hydrogen-bond acceptors (Lipinski definition) is 5. The lowest BCUT2D eigenvalue weighted by Gasteiger charge is -2.29. The first-order chi connectivity index (χ1) is 8.19. The average molecular weight is 235 g/mol. The van der Waals surface area contributed by atoms with Gasteiger partial charge < -0.3 is 15.4 Å². The molecule has 0 aromatic carbocycles. The van der Waals surface area contributed by atoms with Crippen molar-refractivity contribution in [1.82, 2.24) is 14.7 Å². The van der Waals surface area contributed by atoms with Gasteiger partial charge in [0.25, 0.3) is 0 Å². The molecule has 90 valence electrons. The Morgan fingerprint density at radius 2 is 2.59 bits per heavy atom. The van der Waals surface area contributed by atoms with Gasteiger partial charge in [-0.15, -0.1) is 0 Å². The van der Waals surface area contributed by atoms with E-state index in [-0.39, 0.29) is 12.5 Å². The fourth-order valence-electron chi connectivity index (χ4n) is 1.66. The van der Waals surface area contributed by atoms with Gasteiger partial charge in [0.2, 0.25) is 5.91 Å². The molecule has 1 aliphatic rings. The standard InChI is InChI=1S/C10H13N5O2/c11-5-8-6-14(3-4-17-8)10(16)7-15-2-1-9(12)13-15/h1-2,8H,3-4,6-7H2,(H2,12,13). The molecule has 7 heteroatoms. The molecule has 0 saturated carbocycles. The van der Waals surface area contributed by atoms with E-state index in [1.807, 2.05) is 6.07 Å². The predicted molar refractivity (Wildman–Crippen MR) is 58.6 cm³/mol. The molecular weight excluding hydrogens is 222 g/mol. The van der Waals surface area contributed by atoms with Crippen LogP contribution in [0, 0.1) is 11.3 Å². The van der Waals surface area contributed by atoms with Crippen LogP contribution >= 0.6 is 0 Å². The normalized spacial score (nSPS) is 19.9. The fraction of sp³-hybridized carbons (Fsp3) is 0.500. The van der Waals surface area contributed by atoms with Crippen molar-refractivity contribution in [1.29, 1.82) is 5.26 Å². The summed E-state index contributed by atoms with van der Waals surface area (Å²) in [5.74, 6) is 0.298. The molecule has 1 aromatic rings. The zero-order valence-electron chi connectivity index (χ0n) is 9.24. The highest BCUT2D eigenvalue weighted by Gasteiger charge is 2.23. The summed E-state index contributed by atoms with van der Waals surface area (Å²) in [7, 11) is 0. The molecule has 1 unspecified atom stereocenters. The van der Waals surface area contributed by atoms with Gasteiger partial charge in [0.05, 0.1) is 19.2 Å². The molecule has 0 radical (unpaired) electrons. The Morgan fingerprint density at radius 3 is 3.24 bits per heavy atom. The highest BCUT2D eigenvalue weighted by molar-refractivity contribution is 5.76. The molecule has 1 atom stereocenters. The molecule has 1 amide bonds. The molecule has 7 nitrogen and oxygen atoms in total. The Bertz CT molecular complexity index is 450. The second kappa shape index (κ2) is 4.84. The quantitative estimate of drug-likeness (QED) is 0.725. The molecule has 17 heavy (non-hydrogen) atoms. The number of aromatic nitrogens is 2. The molecular formula is C10H13N5O2. The molecule has 0 aliphatic carbocycles. The maximum atomic E-state index is 11.9. The number of ether oxygens (including phenoxy) is 1. The number of rotatable bonds is 2. The van der Waals surface area contributed by atoms with Crippen LogP contribution in [-0.4, -0.2) is 46.4 Å². The minimum absolute atomic E-state index is 0.0864. The largest absolute Gasteiger partial charge is 0.382 e. The van der Waals surface area contributed by atoms with Gasteiger partial charge in [-0.25, -0.2) is 0 Å². The topological polar surface area (TPSA) is 97.2 Å². The monoisotopic (exact) mass is 235 g/mol. The molecule has 1 saturated heterocycles. The van der Waals surface area contributed by atoms with Gasteiger partial charge in [0, 0.05) is 12.7 Å². The zero-order chi connectivity index (χ0) is 12.3.